The van der Waals surface area contributed by atoms with Gasteiger partial charge >= 0.3 is 7.60 Å². The molecule has 0 saturated heterocycles. The Morgan fingerprint density at radius 1 is 1.33 bits per heavy atom. The third-order valence-corrected chi connectivity index (χ3v) is 2.40. The lowest BCUT2D eigenvalue weighted by molar-refractivity contribution is -0.115. The molecule has 0 radical (unpaired) electrons. The molecule has 4 N–H and O–H groups in total. The lowest BCUT2D eigenvalue weighted by atomic mass is 10.1. The van der Waals surface area contributed by atoms with Crippen LogP contribution in [0.3, 0.4) is 0 Å². The van der Waals surface area contributed by atoms with Crippen molar-refractivity contribution in [3.63, 3.8) is 0 Å². The summed E-state index contributed by atoms with van der Waals surface area (Å²) < 4.78 is 10.4. The van der Waals surface area contributed by atoms with Crippen molar-refractivity contribution in [2.45, 2.75) is 18.9 Å². The molecule has 0 aliphatic carbocycles. The standard InChI is InChI=1S/C5H11O6P/c1-3(2-6)4(7)5(8)12(9,10)11/h2-5,7-8H,1H3,(H2,9,10,11). The Labute approximate surface area is 69.0 Å². The Hall–Kier alpha value is -0.260. The molecule has 0 aliphatic rings. The minimum absolute atomic E-state index is 0.309. The highest BCUT2D eigenvalue weighted by atomic mass is 31.2. The van der Waals surface area contributed by atoms with Crippen LogP contribution in [0.1, 0.15) is 6.92 Å². The summed E-state index contributed by atoms with van der Waals surface area (Å²) in [5, 5.41) is 17.7. The molecular weight excluding hydrogens is 187 g/mol. The van der Waals surface area contributed by atoms with Crippen molar-refractivity contribution in [3.05, 3.63) is 0 Å². The largest absolute Gasteiger partial charge is 0.389 e. The van der Waals surface area contributed by atoms with Gasteiger partial charge in [0.15, 0.2) is 5.85 Å². The second-order valence-electron chi connectivity index (χ2n) is 2.49. The van der Waals surface area contributed by atoms with Gasteiger partial charge < -0.3 is 24.8 Å². The Kier molecular flexibility index (Phi) is 4.02. The molecule has 72 valence electrons. The van der Waals surface area contributed by atoms with Gasteiger partial charge in [0.05, 0.1) is 0 Å². The zero-order chi connectivity index (χ0) is 9.94. The molecule has 0 amide bonds. The lowest BCUT2D eigenvalue weighted by Crippen LogP contribution is -2.32. The summed E-state index contributed by atoms with van der Waals surface area (Å²) in [6.45, 7) is 1.25. The quantitative estimate of drug-likeness (QED) is 0.329. The van der Waals surface area contributed by atoms with Gasteiger partial charge in [-0.05, 0) is 0 Å². The number of carbonyl (C=O) groups is 1. The average Bonchev–Trinajstić information content (AvgIpc) is 1.98. The van der Waals surface area contributed by atoms with Gasteiger partial charge in [-0.25, -0.2) is 0 Å². The first-order chi connectivity index (χ1) is 5.30. The molecule has 0 rings (SSSR count). The molecule has 0 heterocycles. The highest BCUT2D eigenvalue weighted by Crippen LogP contribution is 2.42. The van der Waals surface area contributed by atoms with Gasteiger partial charge in [0.2, 0.25) is 0 Å². The van der Waals surface area contributed by atoms with E-state index in [1.807, 2.05) is 0 Å². The molecule has 0 aliphatic heterocycles. The van der Waals surface area contributed by atoms with E-state index in [0.717, 1.165) is 0 Å². The molecular formula is C5H11O6P. The van der Waals surface area contributed by atoms with Crippen LogP contribution in [0.15, 0.2) is 0 Å². The number of aldehydes is 1. The minimum Gasteiger partial charge on any atom is -0.389 e. The van der Waals surface area contributed by atoms with Crippen molar-refractivity contribution in [1.29, 1.82) is 0 Å². The molecule has 0 saturated carbocycles. The van der Waals surface area contributed by atoms with Gasteiger partial charge in [0.25, 0.3) is 0 Å². The van der Waals surface area contributed by atoms with Crippen LogP contribution in [-0.4, -0.2) is 38.2 Å². The zero-order valence-corrected chi connectivity index (χ0v) is 7.26. The maximum atomic E-state index is 10.4. The SMILES string of the molecule is CC(C=O)C(O)C(O)P(=O)(O)O. The van der Waals surface area contributed by atoms with Crippen LogP contribution in [0.5, 0.6) is 0 Å². The molecule has 6 nitrogen and oxygen atoms in total. The third-order valence-electron chi connectivity index (χ3n) is 1.40. The number of aliphatic hydroxyl groups excluding tert-OH is 2. The van der Waals surface area contributed by atoms with Crippen molar-refractivity contribution in [2.24, 2.45) is 5.92 Å². The van der Waals surface area contributed by atoms with E-state index >= 15 is 0 Å². The number of hydrogen-bond donors (Lipinski definition) is 4. The number of carbonyl (C=O) groups excluding carboxylic acids is 1. The first-order valence-electron chi connectivity index (χ1n) is 3.17. The Morgan fingerprint density at radius 2 is 1.75 bits per heavy atom. The van der Waals surface area contributed by atoms with Gasteiger partial charge in [-0.2, -0.15) is 0 Å². The van der Waals surface area contributed by atoms with E-state index < -0.39 is 25.5 Å². The van der Waals surface area contributed by atoms with Gasteiger partial charge in [0, 0.05) is 5.92 Å². The van der Waals surface area contributed by atoms with Crippen molar-refractivity contribution in [2.75, 3.05) is 0 Å². The van der Waals surface area contributed by atoms with E-state index in [1.165, 1.54) is 6.92 Å². The fraction of sp³-hybridized carbons (Fsp3) is 0.800. The van der Waals surface area contributed by atoms with Gasteiger partial charge in [0.1, 0.15) is 12.4 Å². The number of aliphatic hydroxyl groups is 2. The minimum atomic E-state index is -4.73. The van der Waals surface area contributed by atoms with E-state index in [2.05, 4.69) is 0 Å². The van der Waals surface area contributed by atoms with Crippen LogP contribution in [0, 0.1) is 5.92 Å². The van der Waals surface area contributed by atoms with Crippen LogP contribution in [0.4, 0.5) is 0 Å². The van der Waals surface area contributed by atoms with Crippen molar-refractivity contribution >= 4 is 13.9 Å². The summed E-state index contributed by atoms with van der Waals surface area (Å²) >= 11 is 0. The number of hydrogen-bond acceptors (Lipinski definition) is 4. The van der Waals surface area contributed by atoms with E-state index in [9.17, 15) is 9.36 Å². The van der Waals surface area contributed by atoms with Crippen LogP contribution in [0.2, 0.25) is 0 Å². The Morgan fingerprint density at radius 3 is 2.00 bits per heavy atom. The van der Waals surface area contributed by atoms with E-state index in [0.29, 0.717) is 6.29 Å². The first kappa shape index (κ1) is 11.7. The second-order valence-corrected chi connectivity index (χ2v) is 4.20. The molecule has 0 spiro atoms. The lowest BCUT2D eigenvalue weighted by Gasteiger charge is -2.20. The zero-order valence-electron chi connectivity index (χ0n) is 6.36. The van der Waals surface area contributed by atoms with Crippen LogP contribution >= 0.6 is 7.60 Å². The van der Waals surface area contributed by atoms with Crippen LogP contribution in [0.25, 0.3) is 0 Å². The molecule has 0 aromatic rings. The number of rotatable bonds is 4. The molecule has 0 fully saturated rings. The van der Waals surface area contributed by atoms with E-state index in [4.69, 9.17) is 20.0 Å². The monoisotopic (exact) mass is 198 g/mol. The topological polar surface area (TPSA) is 115 Å². The normalized spacial score (nSPS) is 19.8. The summed E-state index contributed by atoms with van der Waals surface area (Å²) in [7, 11) is -4.73. The van der Waals surface area contributed by atoms with Crippen molar-refractivity contribution in [1.82, 2.24) is 0 Å². The smallest absolute Gasteiger partial charge is 0.356 e. The van der Waals surface area contributed by atoms with Crippen molar-refractivity contribution in [3.8, 4) is 0 Å². The van der Waals surface area contributed by atoms with Gasteiger partial charge in [-0.1, -0.05) is 6.92 Å². The fourth-order valence-electron chi connectivity index (χ4n) is 0.551. The Bertz CT molecular complexity index is 198. The second kappa shape index (κ2) is 4.11. The third kappa shape index (κ3) is 3.00. The molecule has 0 bridgehead atoms. The predicted octanol–water partition coefficient (Wildman–Crippen LogP) is -1.32. The van der Waals surface area contributed by atoms with Gasteiger partial charge in [-0.3, -0.25) is 4.57 Å². The average molecular weight is 198 g/mol. The summed E-state index contributed by atoms with van der Waals surface area (Å²) in [5.41, 5.74) is 0. The maximum Gasteiger partial charge on any atom is 0.356 e. The summed E-state index contributed by atoms with van der Waals surface area (Å²) in [6.07, 6.45) is -1.42. The fourth-order valence-corrected chi connectivity index (χ4v) is 1.22. The highest BCUT2D eigenvalue weighted by molar-refractivity contribution is 7.52. The Balaban J connectivity index is 4.39. The summed E-state index contributed by atoms with van der Waals surface area (Å²) in [6, 6.07) is 0. The summed E-state index contributed by atoms with van der Waals surface area (Å²) in [4.78, 5) is 26.8. The molecule has 3 unspecified atom stereocenters. The first-order valence-corrected chi connectivity index (χ1v) is 4.85. The predicted molar refractivity (Wildman–Crippen MR) is 39.3 cm³/mol. The molecule has 12 heavy (non-hydrogen) atoms. The molecule has 7 heteroatoms. The van der Waals surface area contributed by atoms with E-state index in [-0.39, 0.29) is 0 Å². The van der Waals surface area contributed by atoms with Crippen molar-refractivity contribution < 1.29 is 29.4 Å². The van der Waals surface area contributed by atoms with Crippen LogP contribution < -0.4 is 0 Å². The molecule has 0 aromatic heterocycles. The molecule has 3 atom stereocenters. The highest BCUT2D eigenvalue weighted by Gasteiger charge is 2.36. The van der Waals surface area contributed by atoms with E-state index in [1.54, 1.807) is 0 Å². The van der Waals surface area contributed by atoms with Crippen LogP contribution in [-0.2, 0) is 9.36 Å². The summed E-state index contributed by atoms with van der Waals surface area (Å²) in [5.74, 6) is -3.20. The van der Waals surface area contributed by atoms with Gasteiger partial charge in [-0.15, -0.1) is 0 Å². The molecule has 0 aromatic carbocycles. The maximum absolute atomic E-state index is 10.4.